The maximum absolute atomic E-state index is 12.8. The van der Waals surface area contributed by atoms with Gasteiger partial charge >= 0.3 is 6.18 Å². The number of anilines is 1. The quantitative estimate of drug-likeness (QED) is 0.593. The topological polar surface area (TPSA) is 91.7 Å². The van der Waals surface area contributed by atoms with Crippen LogP contribution in [0.15, 0.2) is 53.9 Å². The summed E-state index contributed by atoms with van der Waals surface area (Å²) in [5.41, 5.74) is 1.47. The Morgan fingerprint density at radius 2 is 1.93 bits per heavy atom. The fraction of sp³-hybridized carbons (Fsp3) is 0.188. The number of hydrogen-bond acceptors (Lipinski definition) is 5. The number of amides is 1. The Kier molecular flexibility index (Phi) is 6.16. The van der Waals surface area contributed by atoms with E-state index in [4.69, 9.17) is 0 Å². The van der Waals surface area contributed by atoms with E-state index in [2.05, 4.69) is 15.5 Å². The molecule has 2 rings (SSSR count). The number of hydrazone groups is 1. The number of rotatable bonds is 6. The first-order valence-electron chi connectivity index (χ1n) is 7.44. The lowest BCUT2D eigenvalue weighted by Crippen LogP contribution is -2.39. The van der Waals surface area contributed by atoms with Crippen molar-refractivity contribution >= 4 is 27.8 Å². The van der Waals surface area contributed by atoms with Crippen molar-refractivity contribution in [1.29, 1.82) is 0 Å². The molecule has 0 saturated carbocycles. The van der Waals surface area contributed by atoms with E-state index in [1.807, 2.05) is 0 Å². The Hall–Kier alpha value is -2.95. The van der Waals surface area contributed by atoms with Gasteiger partial charge in [0, 0.05) is 12.4 Å². The second-order valence-electron chi connectivity index (χ2n) is 5.39. The molecule has 27 heavy (non-hydrogen) atoms. The Balaban J connectivity index is 2.16. The lowest BCUT2D eigenvalue weighted by Gasteiger charge is -2.22. The third-order valence-corrected chi connectivity index (χ3v) is 4.40. The van der Waals surface area contributed by atoms with Gasteiger partial charge in [-0.3, -0.25) is 14.1 Å². The lowest BCUT2D eigenvalue weighted by molar-refractivity contribution is -0.137. The first-order valence-corrected chi connectivity index (χ1v) is 9.29. The first-order chi connectivity index (χ1) is 12.6. The van der Waals surface area contributed by atoms with Crippen LogP contribution in [-0.2, 0) is 21.0 Å². The minimum atomic E-state index is -4.64. The summed E-state index contributed by atoms with van der Waals surface area (Å²) in [5.74, 6) is -0.817. The van der Waals surface area contributed by atoms with Gasteiger partial charge in [-0.25, -0.2) is 13.8 Å². The fourth-order valence-corrected chi connectivity index (χ4v) is 2.88. The number of nitrogens with zero attached hydrogens (tertiary/aromatic N) is 3. The molecule has 0 aliphatic heterocycles. The molecule has 0 aliphatic carbocycles. The molecule has 0 unspecified atom stereocenters. The molecule has 1 heterocycles. The minimum absolute atomic E-state index is 0.277. The van der Waals surface area contributed by atoms with Crippen LogP contribution in [0.1, 0.15) is 11.1 Å². The Morgan fingerprint density at radius 1 is 1.26 bits per heavy atom. The molecule has 144 valence electrons. The van der Waals surface area contributed by atoms with E-state index in [-0.39, 0.29) is 5.69 Å². The van der Waals surface area contributed by atoms with Crippen LogP contribution in [0.2, 0.25) is 0 Å². The number of halogens is 3. The highest BCUT2D eigenvalue weighted by atomic mass is 32.2. The van der Waals surface area contributed by atoms with E-state index in [0.717, 1.165) is 18.4 Å². The van der Waals surface area contributed by atoms with E-state index in [1.54, 1.807) is 12.1 Å². The molecule has 0 saturated heterocycles. The molecule has 0 atom stereocenters. The molecule has 0 radical (unpaired) electrons. The number of sulfonamides is 1. The zero-order valence-electron chi connectivity index (χ0n) is 14.0. The van der Waals surface area contributed by atoms with Crippen LogP contribution in [0, 0.1) is 0 Å². The molecule has 0 spiro atoms. The van der Waals surface area contributed by atoms with Gasteiger partial charge in [0.15, 0.2) is 0 Å². The molecular formula is C16H15F3N4O3S. The number of nitrogens with one attached hydrogen (secondary N) is 1. The number of carbonyl (C=O) groups excluding carboxylic acids is 1. The zero-order chi connectivity index (χ0) is 20.1. The molecule has 1 amide bonds. The summed E-state index contributed by atoms with van der Waals surface area (Å²) in [6, 6.07) is 6.96. The van der Waals surface area contributed by atoms with Crippen LogP contribution in [-0.4, -0.2) is 38.3 Å². The normalized spacial score (nSPS) is 12.1. The van der Waals surface area contributed by atoms with Crippen molar-refractivity contribution in [3.63, 3.8) is 0 Å². The van der Waals surface area contributed by atoms with Crippen LogP contribution in [0.3, 0.4) is 0 Å². The summed E-state index contributed by atoms with van der Waals surface area (Å²) in [6.07, 6.45) is 0.496. The standard InChI is InChI=1S/C16H15F3N4O3S/c1-27(25,26)23(14-4-2-3-13(9-14)16(17,18)19)11-15(24)22-21-10-12-5-7-20-8-6-12/h2-10H,11H2,1H3,(H,22,24)/b21-10-. The van der Waals surface area contributed by atoms with Crippen LogP contribution in [0.5, 0.6) is 0 Å². The second kappa shape index (κ2) is 8.16. The summed E-state index contributed by atoms with van der Waals surface area (Å²) in [7, 11) is -4.01. The number of carbonyl (C=O) groups is 1. The molecule has 0 aliphatic rings. The average Bonchev–Trinajstić information content (AvgIpc) is 2.59. The fourth-order valence-electron chi connectivity index (χ4n) is 2.03. The molecule has 1 aromatic carbocycles. The van der Waals surface area contributed by atoms with Crippen molar-refractivity contribution in [2.24, 2.45) is 5.10 Å². The average molecular weight is 400 g/mol. The summed E-state index contributed by atoms with van der Waals surface area (Å²) in [4.78, 5) is 15.8. The number of hydrogen-bond donors (Lipinski definition) is 1. The molecule has 1 aromatic heterocycles. The predicted molar refractivity (Wildman–Crippen MR) is 93.6 cm³/mol. The Morgan fingerprint density at radius 3 is 2.52 bits per heavy atom. The van der Waals surface area contributed by atoms with E-state index >= 15 is 0 Å². The number of pyridine rings is 1. The van der Waals surface area contributed by atoms with Gasteiger partial charge in [0.05, 0.1) is 23.7 Å². The smallest absolute Gasteiger partial charge is 0.271 e. The van der Waals surface area contributed by atoms with Gasteiger partial charge in [0.25, 0.3) is 5.91 Å². The van der Waals surface area contributed by atoms with Crippen molar-refractivity contribution in [3.05, 3.63) is 59.9 Å². The van der Waals surface area contributed by atoms with Gasteiger partial charge in [-0.05, 0) is 35.9 Å². The van der Waals surface area contributed by atoms with Crippen LogP contribution < -0.4 is 9.73 Å². The highest BCUT2D eigenvalue weighted by Gasteiger charge is 2.31. The van der Waals surface area contributed by atoms with Crippen molar-refractivity contribution in [1.82, 2.24) is 10.4 Å². The molecule has 0 fully saturated rings. The van der Waals surface area contributed by atoms with E-state index in [9.17, 15) is 26.4 Å². The van der Waals surface area contributed by atoms with Gasteiger partial charge in [-0.2, -0.15) is 18.3 Å². The third-order valence-electron chi connectivity index (χ3n) is 3.26. The summed E-state index contributed by atoms with van der Waals surface area (Å²) < 4.78 is 63.0. The van der Waals surface area contributed by atoms with Gasteiger partial charge in [-0.15, -0.1) is 0 Å². The zero-order valence-corrected chi connectivity index (χ0v) is 14.8. The summed E-state index contributed by atoms with van der Waals surface area (Å²) in [5, 5.41) is 3.67. The highest BCUT2D eigenvalue weighted by molar-refractivity contribution is 7.92. The molecular weight excluding hydrogens is 385 g/mol. The van der Waals surface area contributed by atoms with Crippen molar-refractivity contribution < 1.29 is 26.4 Å². The summed E-state index contributed by atoms with van der Waals surface area (Å²) >= 11 is 0. The number of benzene rings is 1. The van der Waals surface area contributed by atoms with E-state index in [1.165, 1.54) is 24.7 Å². The van der Waals surface area contributed by atoms with Crippen LogP contribution in [0.4, 0.5) is 18.9 Å². The van der Waals surface area contributed by atoms with Crippen molar-refractivity contribution in [3.8, 4) is 0 Å². The van der Waals surface area contributed by atoms with Gasteiger partial charge in [-0.1, -0.05) is 6.07 Å². The second-order valence-corrected chi connectivity index (χ2v) is 7.30. The lowest BCUT2D eigenvalue weighted by atomic mass is 10.2. The maximum Gasteiger partial charge on any atom is 0.416 e. The van der Waals surface area contributed by atoms with Gasteiger partial charge in [0.2, 0.25) is 10.0 Å². The summed E-state index contributed by atoms with van der Waals surface area (Å²) in [6.45, 7) is -0.728. The molecule has 1 N–H and O–H groups in total. The molecule has 7 nitrogen and oxygen atoms in total. The Bertz CT molecular complexity index is 931. The van der Waals surface area contributed by atoms with Crippen molar-refractivity contribution in [2.45, 2.75) is 6.18 Å². The van der Waals surface area contributed by atoms with E-state index in [0.29, 0.717) is 15.9 Å². The number of aromatic nitrogens is 1. The largest absolute Gasteiger partial charge is 0.416 e. The third kappa shape index (κ3) is 6.06. The predicted octanol–water partition coefficient (Wildman–Crippen LogP) is 2.02. The van der Waals surface area contributed by atoms with Crippen molar-refractivity contribution in [2.75, 3.05) is 17.1 Å². The van der Waals surface area contributed by atoms with Crippen LogP contribution in [0.25, 0.3) is 0 Å². The monoisotopic (exact) mass is 400 g/mol. The van der Waals surface area contributed by atoms with Gasteiger partial charge < -0.3 is 0 Å². The minimum Gasteiger partial charge on any atom is -0.271 e. The SMILES string of the molecule is CS(=O)(=O)N(CC(=O)N/N=C\c1ccncc1)c1cccc(C(F)(F)F)c1. The highest BCUT2D eigenvalue weighted by Crippen LogP contribution is 2.32. The molecule has 0 bridgehead atoms. The van der Waals surface area contributed by atoms with Crippen LogP contribution >= 0.6 is 0 Å². The Labute approximate surface area is 153 Å². The maximum atomic E-state index is 12.8. The molecule has 2 aromatic rings. The van der Waals surface area contributed by atoms with E-state index < -0.39 is 34.2 Å². The number of alkyl halides is 3. The molecule has 11 heteroatoms. The van der Waals surface area contributed by atoms with Gasteiger partial charge in [0.1, 0.15) is 6.54 Å². The first kappa shape index (κ1) is 20.4.